The summed E-state index contributed by atoms with van der Waals surface area (Å²) in [5.41, 5.74) is 16.1. The third-order valence-corrected chi connectivity index (χ3v) is 7.43. The lowest BCUT2D eigenvalue weighted by Crippen LogP contribution is -2.19. The molecule has 4 aromatic rings. The van der Waals surface area contributed by atoms with Gasteiger partial charge in [0.25, 0.3) is 5.91 Å². The van der Waals surface area contributed by atoms with Gasteiger partial charge in [-0.1, -0.05) is 18.2 Å². The van der Waals surface area contributed by atoms with E-state index in [4.69, 9.17) is 26.3 Å². The third-order valence-electron chi connectivity index (χ3n) is 7.43. The lowest BCUT2D eigenvalue weighted by Gasteiger charge is -2.18. The van der Waals surface area contributed by atoms with E-state index in [-0.39, 0.29) is 5.92 Å². The number of methoxy groups -OCH3 is 1. The van der Waals surface area contributed by atoms with E-state index in [1.807, 2.05) is 35.1 Å². The van der Waals surface area contributed by atoms with Crippen LogP contribution in [-0.2, 0) is 13.0 Å². The summed E-state index contributed by atoms with van der Waals surface area (Å²) in [4.78, 5) is 23.9. The Kier molecular flexibility index (Phi) is 5.90. The van der Waals surface area contributed by atoms with Gasteiger partial charge in [-0.3, -0.25) is 9.48 Å². The smallest absolute Gasteiger partial charge is 0.252 e. The second kappa shape index (κ2) is 9.38. The Morgan fingerprint density at radius 3 is 2.68 bits per heavy atom. The van der Waals surface area contributed by atoms with Crippen molar-refractivity contribution in [3.8, 4) is 5.75 Å². The summed E-state index contributed by atoms with van der Waals surface area (Å²) < 4.78 is 7.67. The molecule has 190 valence electrons. The maximum Gasteiger partial charge on any atom is 0.252 e. The maximum atomic E-state index is 12.7. The molecule has 2 fully saturated rings. The number of ether oxygens (including phenoxy) is 1. The molecule has 2 aliphatic rings. The van der Waals surface area contributed by atoms with Crippen LogP contribution in [0.2, 0.25) is 0 Å². The summed E-state index contributed by atoms with van der Waals surface area (Å²) >= 11 is 0. The Labute approximate surface area is 215 Å². The maximum absolute atomic E-state index is 12.7. The van der Waals surface area contributed by atoms with Crippen LogP contribution in [-0.4, -0.2) is 45.9 Å². The van der Waals surface area contributed by atoms with Gasteiger partial charge < -0.3 is 21.1 Å². The molecule has 9 heteroatoms. The highest BCUT2D eigenvalue weighted by atomic mass is 16.5. The Balaban J connectivity index is 1.39. The molecule has 1 aliphatic carbocycles. The summed E-state index contributed by atoms with van der Waals surface area (Å²) in [5, 5.41) is 6.84. The lowest BCUT2D eigenvalue weighted by atomic mass is 10.0. The topological polar surface area (TPSA) is 125 Å². The number of rotatable bonds is 8. The number of fused-ring (bicyclic) bond motifs is 1. The molecule has 9 nitrogen and oxygen atoms in total. The van der Waals surface area contributed by atoms with Crippen LogP contribution < -0.4 is 21.1 Å². The van der Waals surface area contributed by atoms with Crippen LogP contribution in [0.3, 0.4) is 0 Å². The van der Waals surface area contributed by atoms with Crippen LogP contribution >= 0.6 is 0 Å². The molecular weight excluding hydrogens is 466 g/mol. The van der Waals surface area contributed by atoms with E-state index in [0.29, 0.717) is 24.3 Å². The number of carbonyl (C=O) groups is 1. The number of primary amides is 1. The largest absolute Gasteiger partial charge is 0.496 e. The van der Waals surface area contributed by atoms with Crippen molar-refractivity contribution in [2.24, 2.45) is 5.73 Å². The van der Waals surface area contributed by atoms with E-state index in [9.17, 15) is 4.79 Å². The van der Waals surface area contributed by atoms with E-state index in [2.05, 4.69) is 16.0 Å². The molecule has 0 atom stereocenters. The standard InChI is InChI=1S/C28H31N7O2/c1-37-23-14-24(34-10-2-3-11-34)32-15-20(23)16-35-22(25(28(30)36)26(33-35)18-5-6-18)13-17-4-7-21-19(12-17)8-9-31-27(21)29/h4,7-9,12,14-15,18H,2-3,5-6,10-11,13,16H2,1H3,(H2,29,31)(H2,30,36). The molecule has 0 spiro atoms. The molecule has 0 unspecified atom stereocenters. The number of hydrogen-bond acceptors (Lipinski definition) is 7. The number of hydrogen-bond donors (Lipinski definition) is 2. The molecular formula is C28H31N7O2. The molecule has 0 radical (unpaired) electrons. The normalized spacial score (nSPS) is 15.4. The van der Waals surface area contributed by atoms with Crippen LogP contribution in [0.5, 0.6) is 5.75 Å². The van der Waals surface area contributed by atoms with Gasteiger partial charge in [0.1, 0.15) is 17.4 Å². The van der Waals surface area contributed by atoms with Crippen molar-refractivity contribution < 1.29 is 9.53 Å². The number of carbonyl (C=O) groups excluding carboxylic acids is 1. The lowest BCUT2D eigenvalue weighted by molar-refractivity contribution is 0.0998. The SMILES string of the molecule is COc1cc(N2CCCC2)ncc1Cn1nc(C2CC2)c(C(N)=O)c1Cc1ccc2c(N)nccc2c1. The highest BCUT2D eigenvalue weighted by Gasteiger charge is 2.34. The second-order valence-electron chi connectivity index (χ2n) is 9.98. The minimum atomic E-state index is -0.438. The number of aromatic nitrogens is 4. The predicted molar refractivity (Wildman–Crippen MR) is 143 cm³/mol. The Morgan fingerprint density at radius 2 is 1.95 bits per heavy atom. The average Bonchev–Trinajstić information content (AvgIpc) is 3.47. The molecule has 0 bridgehead atoms. The Hall–Kier alpha value is -4.14. The quantitative estimate of drug-likeness (QED) is 0.381. The molecule has 1 aromatic carbocycles. The monoisotopic (exact) mass is 497 g/mol. The average molecular weight is 498 g/mol. The van der Waals surface area contributed by atoms with Gasteiger partial charge in [-0.2, -0.15) is 5.10 Å². The van der Waals surface area contributed by atoms with E-state index in [1.165, 1.54) is 12.8 Å². The molecule has 37 heavy (non-hydrogen) atoms. The first-order valence-corrected chi connectivity index (χ1v) is 12.8. The van der Waals surface area contributed by atoms with Crippen LogP contribution in [0.25, 0.3) is 10.8 Å². The fourth-order valence-corrected chi connectivity index (χ4v) is 5.34. The van der Waals surface area contributed by atoms with E-state index >= 15 is 0 Å². The van der Waals surface area contributed by atoms with Gasteiger partial charge in [0, 0.05) is 54.8 Å². The highest BCUT2D eigenvalue weighted by molar-refractivity contribution is 5.96. The first kappa shape index (κ1) is 23.3. The first-order valence-electron chi connectivity index (χ1n) is 12.8. The summed E-state index contributed by atoms with van der Waals surface area (Å²) in [6.45, 7) is 2.46. The number of nitrogens with zero attached hydrogens (tertiary/aromatic N) is 5. The van der Waals surface area contributed by atoms with Gasteiger partial charge in [0.15, 0.2) is 0 Å². The minimum Gasteiger partial charge on any atom is -0.496 e. The second-order valence-corrected chi connectivity index (χ2v) is 9.98. The Bertz CT molecular complexity index is 1490. The molecule has 6 rings (SSSR count). The van der Waals surface area contributed by atoms with E-state index < -0.39 is 5.91 Å². The van der Waals surface area contributed by atoms with Crippen molar-refractivity contribution in [3.05, 3.63) is 70.8 Å². The van der Waals surface area contributed by atoms with Crippen LogP contribution in [0.15, 0.2) is 42.7 Å². The summed E-state index contributed by atoms with van der Waals surface area (Å²) in [5.74, 6) is 2.04. The fourth-order valence-electron chi connectivity index (χ4n) is 5.34. The van der Waals surface area contributed by atoms with Crippen LogP contribution in [0.1, 0.15) is 64.5 Å². The third kappa shape index (κ3) is 4.45. The number of anilines is 2. The highest BCUT2D eigenvalue weighted by Crippen LogP contribution is 2.42. The number of amides is 1. The zero-order valence-electron chi connectivity index (χ0n) is 21.0. The van der Waals surface area contributed by atoms with Gasteiger partial charge >= 0.3 is 0 Å². The van der Waals surface area contributed by atoms with E-state index in [1.54, 1.807) is 13.3 Å². The number of nitrogens with two attached hydrogens (primary N) is 2. The van der Waals surface area contributed by atoms with Gasteiger partial charge in [0.05, 0.1) is 30.6 Å². The summed E-state index contributed by atoms with van der Waals surface area (Å²) in [7, 11) is 1.68. The van der Waals surface area contributed by atoms with Crippen molar-refractivity contribution in [3.63, 3.8) is 0 Å². The van der Waals surface area contributed by atoms with Crippen LogP contribution in [0.4, 0.5) is 11.6 Å². The molecule has 1 saturated heterocycles. The molecule has 1 aliphatic heterocycles. The Morgan fingerprint density at radius 1 is 1.14 bits per heavy atom. The van der Waals surface area contributed by atoms with Crippen molar-refractivity contribution in [1.82, 2.24) is 19.7 Å². The van der Waals surface area contributed by atoms with Gasteiger partial charge in [-0.25, -0.2) is 9.97 Å². The number of benzene rings is 1. The van der Waals surface area contributed by atoms with Crippen LogP contribution in [0, 0.1) is 0 Å². The molecule has 3 aromatic heterocycles. The van der Waals surface area contributed by atoms with Crippen molar-refractivity contribution in [2.75, 3.05) is 30.8 Å². The first-order chi connectivity index (χ1) is 18.0. The molecule has 1 saturated carbocycles. The zero-order valence-corrected chi connectivity index (χ0v) is 21.0. The van der Waals surface area contributed by atoms with Crippen molar-refractivity contribution in [2.45, 2.75) is 44.6 Å². The number of nitrogen functional groups attached to an aromatic ring is 1. The summed E-state index contributed by atoms with van der Waals surface area (Å²) in [6.07, 6.45) is 8.49. The summed E-state index contributed by atoms with van der Waals surface area (Å²) in [6, 6.07) is 10.0. The molecule has 4 N–H and O–H groups in total. The molecule has 4 heterocycles. The zero-order chi connectivity index (χ0) is 25.5. The molecule has 1 amide bonds. The van der Waals surface area contributed by atoms with Gasteiger partial charge in [-0.15, -0.1) is 0 Å². The number of pyridine rings is 2. The van der Waals surface area contributed by atoms with Crippen molar-refractivity contribution >= 4 is 28.3 Å². The minimum absolute atomic E-state index is 0.280. The van der Waals surface area contributed by atoms with E-state index in [0.717, 1.165) is 70.8 Å². The fraction of sp³-hybridized carbons (Fsp3) is 0.357. The van der Waals surface area contributed by atoms with Gasteiger partial charge in [-0.05, 0) is 42.7 Å². The van der Waals surface area contributed by atoms with Crippen molar-refractivity contribution in [1.29, 1.82) is 0 Å². The van der Waals surface area contributed by atoms with Gasteiger partial charge in [0.2, 0.25) is 0 Å². The predicted octanol–water partition coefficient (Wildman–Crippen LogP) is 3.63.